The van der Waals surface area contributed by atoms with Gasteiger partial charge in [-0.15, -0.1) is 0 Å². The summed E-state index contributed by atoms with van der Waals surface area (Å²) in [6, 6.07) is 7.54. The molecule has 0 aliphatic heterocycles. The Morgan fingerprint density at radius 2 is 2.21 bits per heavy atom. The van der Waals surface area contributed by atoms with Crippen LogP contribution in [0, 0.1) is 0 Å². The van der Waals surface area contributed by atoms with Gasteiger partial charge in [-0.25, -0.2) is 0 Å². The minimum Gasteiger partial charge on any atom is -0.469 e. The van der Waals surface area contributed by atoms with Crippen LogP contribution in [0.2, 0.25) is 0 Å². The predicted octanol–water partition coefficient (Wildman–Crippen LogP) is 2.89. The van der Waals surface area contributed by atoms with Crippen LogP contribution in [-0.2, 0) is 13.0 Å². The smallest absolute Gasteiger partial charge is 0.250 e. The van der Waals surface area contributed by atoms with Gasteiger partial charge in [-0.2, -0.15) is 0 Å². The van der Waals surface area contributed by atoms with Crippen LogP contribution in [0.15, 0.2) is 45.9 Å². The molecule has 0 aliphatic carbocycles. The van der Waals surface area contributed by atoms with Gasteiger partial charge in [-0.3, -0.25) is 4.79 Å². The molecule has 4 nitrogen and oxygen atoms in total. The third-order valence-electron chi connectivity index (χ3n) is 2.95. The molecular weight excluding hydrogens is 240 g/mol. The molecule has 2 aromatic heterocycles. The Bertz CT molecular complexity index is 558. The second-order valence-electron chi connectivity index (χ2n) is 4.78. The molecule has 0 aromatic carbocycles. The molecule has 1 atom stereocenters. The lowest BCUT2D eigenvalue weighted by molar-refractivity contribution is 0.497. The topological polar surface area (TPSA) is 47.2 Å². The van der Waals surface area contributed by atoms with Crippen molar-refractivity contribution in [3.63, 3.8) is 0 Å². The highest BCUT2D eigenvalue weighted by Gasteiger charge is 2.06. The number of nitrogens with one attached hydrogen (secondary N) is 1. The van der Waals surface area contributed by atoms with E-state index in [0.717, 1.165) is 30.8 Å². The minimum absolute atomic E-state index is 0.0473. The Kier molecular flexibility index (Phi) is 4.44. The number of anilines is 1. The van der Waals surface area contributed by atoms with Crippen molar-refractivity contribution in [3.05, 3.63) is 52.8 Å². The zero-order chi connectivity index (χ0) is 13.7. The van der Waals surface area contributed by atoms with Crippen LogP contribution in [0.25, 0.3) is 0 Å². The lowest BCUT2D eigenvalue weighted by Crippen LogP contribution is -2.22. The van der Waals surface area contributed by atoms with Crippen molar-refractivity contribution in [1.82, 2.24) is 4.57 Å². The molecule has 1 unspecified atom stereocenters. The highest BCUT2D eigenvalue weighted by molar-refractivity contribution is 5.41. The van der Waals surface area contributed by atoms with Crippen molar-refractivity contribution in [2.45, 2.75) is 39.3 Å². The number of pyridine rings is 1. The molecule has 2 heterocycles. The monoisotopic (exact) mass is 260 g/mol. The fourth-order valence-electron chi connectivity index (χ4n) is 2.10. The van der Waals surface area contributed by atoms with Crippen LogP contribution in [0.5, 0.6) is 0 Å². The second-order valence-corrected chi connectivity index (χ2v) is 4.78. The van der Waals surface area contributed by atoms with Gasteiger partial charge in [-0.1, -0.05) is 6.92 Å². The first-order valence-corrected chi connectivity index (χ1v) is 6.68. The molecule has 102 valence electrons. The van der Waals surface area contributed by atoms with E-state index in [1.165, 1.54) is 0 Å². The normalized spacial score (nSPS) is 12.3. The van der Waals surface area contributed by atoms with E-state index in [1.54, 1.807) is 16.9 Å². The SMILES string of the molecule is CCCn1cc(NC(C)Cc2ccco2)ccc1=O. The largest absolute Gasteiger partial charge is 0.469 e. The van der Waals surface area contributed by atoms with Crippen LogP contribution in [-0.4, -0.2) is 10.6 Å². The maximum atomic E-state index is 11.6. The molecule has 0 fully saturated rings. The van der Waals surface area contributed by atoms with Crippen molar-refractivity contribution < 1.29 is 4.42 Å². The van der Waals surface area contributed by atoms with Crippen molar-refractivity contribution >= 4 is 5.69 Å². The Balaban J connectivity index is 2.02. The molecule has 0 spiro atoms. The van der Waals surface area contributed by atoms with Gasteiger partial charge in [0.05, 0.1) is 12.0 Å². The van der Waals surface area contributed by atoms with Gasteiger partial charge in [0.2, 0.25) is 0 Å². The first-order chi connectivity index (χ1) is 9.19. The highest BCUT2D eigenvalue weighted by Crippen LogP contribution is 2.10. The molecule has 2 aromatic rings. The van der Waals surface area contributed by atoms with E-state index in [4.69, 9.17) is 4.42 Å². The molecule has 1 N–H and O–H groups in total. The van der Waals surface area contributed by atoms with Gasteiger partial charge < -0.3 is 14.3 Å². The average Bonchev–Trinajstić information content (AvgIpc) is 2.86. The van der Waals surface area contributed by atoms with E-state index >= 15 is 0 Å². The van der Waals surface area contributed by atoms with E-state index in [9.17, 15) is 4.79 Å². The van der Waals surface area contributed by atoms with Crippen molar-refractivity contribution in [2.24, 2.45) is 0 Å². The number of aryl methyl sites for hydroxylation is 1. The third-order valence-corrected chi connectivity index (χ3v) is 2.95. The van der Waals surface area contributed by atoms with E-state index < -0.39 is 0 Å². The summed E-state index contributed by atoms with van der Waals surface area (Å²) in [6.07, 6.45) is 5.33. The van der Waals surface area contributed by atoms with Crippen LogP contribution < -0.4 is 10.9 Å². The number of hydrogen-bond donors (Lipinski definition) is 1. The Labute approximate surface area is 113 Å². The standard InChI is InChI=1S/C15H20N2O2/c1-3-8-17-11-13(6-7-15(17)18)16-12(2)10-14-5-4-9-19-14/h4-7,9,11-12,16H,3,8,10H2,1-2H3. The van der Waals surface area contributed by atoms with Crippen molar-refractivity contribution in [1.29, 1.82) is 0 Å². The maximum absolute atomic E-state index is 11.6. The summed E-state index contributed by atoms with van der Waals surface area (Å²) in [7, 11) is 0. The van der Waals surface area contributed by atoms with E-state index in [2.05, 4.69) is 19.2 Å². The Morgan fingerprint density at radius 1 is 1.37 bits per heavy atom. The molecule has 0 bridgehead atoms. The average molecular weight is 260 g/mol. The van der Waals surface area contributed by atoms with Gasteiger partial charge in [-0.05, 0) is 31.5 Å². The lowest BCUT2D eigenvalue weighted by Gasteiger charge is -2.15. The molecular formula is C15H20N2O2. The zero-order valence-electron chi connectivity index (χ0n) is 11.4. The molecule has 0 amide bonds. The number of furan rings is 1. The summed E-state index contributed by atoms with van der Waals surface area (Å²) in [5, 5.41) is 3.39. The fraction of sp³-hybridized carbons (Fsp3) is 0.400. The van der Waals surface area contributed by atoms with Crippen LogP contribution in [0.1, 0.15) is 26.0 Å². The first-order valence-electron chi connectivity index (χ1n) is 6.68. The van der Waals surface area contributed by atoms with Crippen LogP contribution in [0.3, 0.4) is 0 Å². The summed E-state index contributed by atoms with van der Waals surface area (Å²) >= 11 is 0. The molecule has 4 heteroatoms. The Morgan fingerprint density at radius 3 is 2.89 bits per heavy atom. The molecule has 0 saturated carbocycles. The fourth-order valence-corrected chi connectivity index (χ4v) is 2.10. The zero-order valence-corrected chi connectivity index (χ0v) is 11.4. The summed E-state index contributed by atoms with van der Waals surface area (Å²) in [5.41, 5.74) is 1.01. The van der Waals surface area contributed by atoms with Gasteiger partial charge in [0.1, 0.15) is 5.76 Å². The van der Waals surface area contributed by atoms with Gasteiger partial charge in [0, 0.05) is 31.3 Å². The molecule has 0 radical (unpaired) electrons. The minimum atomic E-state index is 0.0473. The molecule has 2 rings (SSSR count). The van der Waals surface area contributed by atoms with Gasteiger partial charge >= 0.3 is 0 Å². The maximum Gasteiger partial charge on any atom is 0.250 e. The first kappa shape index (κ1) is 13.5. The number of rotatable bonds is 6. The molecule has 19 heavy (non-hydrogen) atoms. The van der Waals surface area contributed by atoms with Gasteiger partial charge in [0.15, 0.2) is 0 Å². The summed E-state index contributed by atoms with van der Waals surface area (Å²) in [5.74, 6) is 0.960. The lowest BCUT2D eigenvalue weighted by atomic mass is 10.2. The van der Waals surface area contributed by atoms with Crippen LogP contribution in [0.4, 0.5) is 5.69 Å². The third kappa shape index (κ3) is 3.74. The predicted molar refractivity (Wildman–Crippen MR) is 76.5 cm³/mol. The summed E-state index contributed by atoms with van der Waals surface area (Å²) < 4.78 is 7.07. The second kappa shape index (κ2) is 6.27. The number of aromatic nitrogens is 1. The summed E-state index contributed by atoms with van der Waals surface area (Å²) in [6.45, 7) is 4.91. The van der Waals surface area contributed by atoms with Crippen molar-refractivity contribution in [2.75, 3.05) is 5.32 Å². The van der Waals surface area contributed by atoms with Gasteiger partial charge in [0.25, 0.3) is 5.56 Å². The van der Waals surface area contributed by atoms with E-state index in [1.807, 2.05) is 24.4 Å². The van der Waals surface area contributed by atoms with E-state index in [-0.39, 0.29) is 11.6 Å². The van der Waals surface area contributed by atoms with Crippen molar-refractivity contribution in [3.8, 4) is 0 Å². The molecule has 0 saturated heterocycles. The number of hydrogen-bond acceptors (Lipinski definition) is 3. The quantitative estimate of drug-likeness (QED) is 0.868. The number of nitrogens with zero attached hydrogens (tertiary/aromatic N) is 1. The van der Waals surface area contributed by atoms with Crippen LogP contribution >= 0.6 is 0 Å². The van der Waals surface area contributed by atoms with E-state index in [0.29, 0.717) is 0 Å². The summed E-state index contributed by atoms with van der Waals surface area (Å²) in [4.78, 5) is 11.6. The Hall–Kier alpha value is -1.97. The molecule has 0 aliphatic rings. The highest BCUT2D eigenvalue weighted by atomic mass is 16.3.